The van der Waals surface area contributed by atoms with Crippen LogP contribution in [0.25, 0.3) is 0 Å². The fourth-order valence-corrected chi connectivity index (χ4v) is 1.50. The average Bonchev–Trinajstić information content (AvgIpc) is 2.29. The molecule has 104 valence electrons. The molecule has 4 heteroatoms. The number of hydrogen-bond donors (Lipinski definition) is 0. The van der Waals surface area contributed by atoms with Gasteiger partial charge in [0.25, 0.3) is 0 Å². The molecule has 0 heterocycles. The highest BCUT2D eigenvalue weighted by Crippen LogP contribution is 2.13. The quantitative estimate of drug-likeness (QED) is 0.776. The Kier molecular flexibility index (Phi) is 5.10. The summed E-state index contributed by atoms with van der Waals surface area (Å²) in [5, 5.41) is 0. The molecule has 0 fully saturated rings. The summed E-state index contributed by atoms with van der Waals surface area (Å²) in [6, 6.07) is 6.04. The first-order valence-electron chi connectivity index (χ1n) is 6.15. The fraction of sp³-hybridized carbons (Fsp3) is 0.400. The summed E-state index contributed by atoms with van der Waals surface area (Å²) in [5.74, 6) is -0.295. The van der Waals surface area contributed by atoms with Gasteiger partial charge < -0.3 is 9.64 Å². The highest BCUT2D eigenvalue weighted by molar-refractivity contribution is 5.68. The van der Waals surface area contributed by atoms with E-state index in [4.69, 9.17) is 4.74 Å². The van der Waals surface area contributed by atoms with Crippen LogP contribution in [-0.2, 0) is 11.3 Å². The van der Waals surface area contributed by atoms with Crippen LogP contribution in [0.3, 0.4) is 0 Å². The molecule has 0 N–H and O–H groups in total. The predicted octanol–water partition coefficient (Wildman–Crippen LogP) is 3.75. The van der Waals surface area contributed by atoms with Crippen molar-refractivity contribution in [3.63, 3.8) is 0 Å². The monoisotopic (exact) mass is 265 g/mol. The number of nitrogens with zero attached hydrogens (tertiary/aromatic N) is 1. The maximum Gasteiger partial charge on any atom is 0.410 e. The molecule has 0 aliphatic heterocycles. The Morgan fingerprint density at radius 1 is 1.37 bits per heavy atom. The van der Waals surface area contributed by atoms with Gasteiger partial charge in [0.2, 0.25) is 0 Å². The lowest BCUT2D eigenvalue weighted by molar-refractivity contribution is 0.0257. The van der Waals surface area contributed by atoms with Crippen LogP contribution in [0.15, 0.2) is 36.9 Å². The van der Waals surface area contributed by atoms with Crippen LogP contribution in [0, 0.1) is 5.82 Å². The zero-order valence-corrected chi connectivity index (χ0v) is 11.6. The highest BCUT2D eigenvalue weighted by Gasteiger charge is 2.21. The topological polar surface area (TPSA) is 29.5 Å². The van der Waals surface area contributed by atoms with E-state index in [0.717, 1.165) is 5.56 Å². The third-order valence-electron chi connectivity index (χ3n) is 2.29. The molecule has 0 aromatic heterocycles. The minimum absolute atomic E-state index is 0.295. The van der Waals surface area contributed by atoms with E-state index in [-0.39, 0.29) is 5.82 Å². The lowest BCUT2D eigenvalue weighted by Gasteiger charge is -2.26. The van der Waals surface area contributed by atoms with Crippen LogP contribution in [0.4, 0.5) is 9.18 Å². The SMILES string of the molecule is C=CCN(Cc1ccc(F)cc1)C(=O)OC(C)(C)C. The molecule has 0 atom stereocenters. The van der Waals surface area contributed by atoms with E-state index in [0.29, 0.717) is 13.1 Å². The van der Waals surface area contributed by atoms with Crippen LogP contribution in [0.2, 0.25) is 0 Å². The minimum atomic E-state index is -0.542. The number of ether oxygens (including phenoxy) is 1. The van der Waals surface area contributed by atoms with E-state index in [1.54, 1.807) is 18.2 Å². The maximum atomic E-state index is 12.8. The first kappa shape index (κ1) is 15.2. The van der Waals surface area contributed by atoms with E-state index >= 15 is 0 Å². The average molecular weight is 265 g/mol. The number of rotatable bonds is 4. The van der Waals surface area contributed by atoms with Gasteiger partial charge in [-0.15, -0.1) is 6.58 Å². The molecule has 1 aromatic rings. The van der Waals surface area contributed by atoms with Gasteiger partial charge in [-0.25, -0.2) is 9.18 Å². The Hall–Kier alpha value is -1.84. The Morgan fingerprint density at radius 2 is 1.95 bits per heavy atom. The molecule has 0 unspecified atom stereocenters. The number of benzene rings is 1. The summed E-state index contributed by atoms with van der Waals surface area (Å²) in [6.45, 7) is 9.81. The first-order chi connectivity index (χ1) is 8.81. The summed E-state index contributed by atoms with van der Waals surface area (Å²) < 4.78 is 18.1. The van der Waals surface area contributed by atoms with Gasteiger partial charge in [-0.3, -0.25) is 0 Å². The van der Waals surface area contributed by atoms with Crippen molar-refractivity contribution in [2.24, 2.45) is 0 Å². The third kappa shape index (κ3) is 5.55. The van der Waals surface area contributed by atoms with Crippen LogP contribution in [-0.4, -0.2) is 23.1 Å². The van der Waals surface area contributed by atoms with E-state index in [1.807, 2.05) is 20.8 Å². The molecule has 0 saturated carbocycles. The molecule has 19 heavy (non-hydrogen) atoms. The smallest absolute Gasteiger partial charge is 0.410 e. The number of amides is 1. The minimum Gasteiger partial charge on any atom is -0.444 e. The fourth-order valence-electron chi connectivity index (χ4n) is 1.50. The van der Waals surface area contributed by atoms with Crippen LogP contribution >= 0.6 is 0 Å². The van der Waals surface area contributed by atoms with Gasteiger partial charge in [-0.05, 0) is 38.5 Å². The van der Waals surface area contributed by atoms with Crippen molar-refractivity contribution >= 4 is 6.09 Å². The maximum absolute atomic E-state index is 12.8. The molecular weight excluding hydrogens is 245 g/mol. The number of halogens is 1. The Bertz CT molecular complexity index is 434. The van der Waals surface area contributed by atoms with Crippen molar-refractivity contribution < 1.29 is 13.9 Å². The second kappa shape index (κ2) is 6.36. The third-order valence-corrected chi connectivity index (χ3v) is 2.29. The molecule has 0 saturated heterocycles. The Morgan fingerprint density at radius 3 is 2.42 bits per heavy atom. The van der Waals surface area contributed by atoms with Crippen LogP contribution in [0.5, 0.6) is 0 Å². The van der Waals surface area contributed by atoms with Crippen LogP contribution in [0.1, 0.15) is 26.3 Å². The van der Waals surface area contributed by atoms with Crippen molar-refractivity contribution in [3.05, 3.63) is 48.3 Å². The normalized spacial score (nSPS) is 10.9. The highest BCUT2D eigenvalue weighted by atomic mass is 19.1. The van der Waals surface area contributed by atoms with E-state index in [1.165, 1.54) is 17.0 Å². The number of carbonyl (C=O) groups is 1. The molecule has 3 nitrogen and oxygen atoms in total. The molecule has 1 amide bonds. The molecule has 0 aliphatic carbocycles. The van der Waals surface area contributed by atoms with Crippen molar-refractivity contribution in [2.75, 3.05) is 6.54 Å². The standard InChI is InChI=1S/C15H20FNO2/c1-5-10-17(14(18)19-15(2,3)4)11-12-6-8-13(16)9-7-12/h5-9H,1,10-11H2,2-4H3. The van der Waals surface area contributed by atoms with E-state index in [2.05, 4.69) is 6.58 Å². The van der Waals surface area contributed by atoms with Crippen molar-refractivity contribution in [3.8, 4) is 0 Å². The number of carbonyl (C=O) groups excluding carboxylic acids is 1. The predicted molar refractivity (Wildman–Crippen MR) is 73.2 cm³/mol. The Balaban J connectivity index is 2.74. The van der Waals surface area contributed by atoms with Gasteiger partial charge in [-0.2, -0.15) is 0 Å². The van der Waals surface area contributed by atoms with Crippen molar-refractivity contribution in [2.45, 2.75) is 32.9 Å². The van der Waals surface area contributed by atoms with Crippen molar-refractivity contribution in [1.29, 1.82) is 0 Å². The zero-order valence-electron chi connectivity index (χ0n) is 11.6. The molecule has 0 bridgehead atoms. The van der Waals surface area contributed by atoms with Gasteiger partial charge in [-0.1, -0.05) is 18.2 Å². The molecule has 0 aliphatic rings. The van der Waals surface area contributed by atoms with E-state index in [9.17, 15) is 9.18 Å². The second-order valence-corrected chi connectivity index (χ2v) is 5.28. The van der Waals surface area contributed by atoms with Gasteiger partial charge in [0.05, 0.1) is 0 Å². The molecule has 1 aromatic carbocycles. The summed E-state index contributed by atoms with van der Waals surface area (Å²) >= 11 is 0. The molecule has 1 rings (SSSR count). The van der Waals surface area contributed by atoms with Crippen LogP contribution < -0.4 is 0 Å². The molecule has 0 spiro atoms. The number of hydrogen-bond acceptors (Lipinski definition) is 2. The first-order valence-corrected chi connectivity index (χ1v) is 6.15. The summed E-state index contributed by atoms with van der Waals surface area (Å²) in [7, 11) is 0. The lowest BCUT2D eigenvalue weighted by atomic mass is 10.2. The summed E-state index contributed by atoms with van der Waals surface area (Å²) in [4.78, 5) is 13.5. The Labute approximate surface area is 113 Å². The van der Waals surface area contributed by atoms with Gasteiger partial charge >= 0.3 is 6.09 Å². The van der Waals surface area contributed by atoms with Gasteiger partial charge in [0.1, 0.15) is 11.4 Å². The van der Waals surface area contributed by atoms with E-state index < -0.39 is 11.7 Å². The van der Waals surface area contributed by atoms with Gasteiger partial charge in [0.15, 0.2) is 0 Å². The zero-order chi connectivity index (χ0) is 14.5. The lowest BCUT2D eigenvalue weighted by Crippen LogP contribution is -2.36. The molecular formula is C15H20FNO2. The summed E-state index contributed by atoms with van der Waals surface area (Å²) in [5.41, 5.74) is 0.299. The molecule has 0 radical (unpaired) electrons. The largest absolute Gasteiger partial charge is 0.444 e. The van der Waals surface area contributed by atoms with Gasteiger partial charge in [0, 0.05) is 13.1 Å². The van der Waals surface area contributed by atoms with Crippen molar-refractivity contribution in [1.82, 2.24) is 4.90 Å². The second-order valence-electron chi connectivity index (χ2n) is 5.28. The summed E-state index contributed by atoms with van der Waals surface area (Å²) in [6.07, 6.45) is 1.23.